The van der Waals surface area contributed by atoms with Crippen LogP contribution in [0.5, 0.6) is 0 Å². The third-order valence-corrected chi connectivity index (χ3v) is 7.23. The summed E-state index contributed by atoms with van der Waals surface area (Å²) in [6.45, 7) is 0. The highest BCUT2D eigenvalue weighted by Gasteiger charge is 2.12. The van der Waals surface area contributed by atoms with E-state index in [4.69, 9.17) is 9.97 Å². The van der Waals surface area contributed by atoms with E-state index < -0.39 is 0 Å². The SMILES string of the molecule is c1ccc(-c2ccc(-c3cc(-c4ccc(-c5cccc6ccccc56)cc4)nc(-c4ccncc4)n3)cc2)cc1. The van der Waals surface area contributed by atoms with E-state index in [0.717, 1.165) is 28.1 Å². The van der Waals surface area contributed by atoms with E-state index >= 15 is 0 Å². The number of nitrogens with zero attached hydrogens (tertiary/aromatic N) is 3. The molecule has 0 saturated heterocycles. The first kappa shape index (κ1) is 23.7. The Morgan fingerprint density at radius 2 is 0.925 bits per heavy atom. The minimum atomic E-state index is 0.681. The highest BCUT2D eigenvalue weighted by molar-refractivity contribution is 5.96. The van der Waals surface area contributed by atoms with E-state index in [9.17, 15) is 0 Å². The molecule has 3 nitrogen and oxygen atoms in total. The summed E-state index contributed by atoms with van der Waals surface area (Å²) in [4.78, 5) is 14.1. The maximum absolute atomic E-state index is 4.98. The molecule has 2 heterocycles. The van der Waals surface area contributed by atoms with Gasteiger partial charge in [0.2, 0.25) is 0 Å². The third-order valence-electron chi connectivity index (χ3n) is 7.23. The van der Waals surface area contributed by atoms with Crippen molar-refractivity contribution in [3.63, 3.8) is 0 Å². The zero-order chi connectivity index (χ0) is 26.7. The van der Waals surface area contributed by atoms with Crippen LogP contribution in [-0.4, -0.2) is 15.0 Å². The summed E-state index contributed by atoms with van der Waals surface area (Å²) in [6, 6.07) is 48.6. The molecule has 0 amide bonds. The van der Waals surface area contributed by atoms with Gasteiger partial charge in [0.25, 0.3) is 0 Å². The Morgan fingerprint density at radius 3 is 1.62 bits per heavy atom. The van der Waals surface area contributed by atoms with Gasteiger partial charge < -0.3 is 0 Å². The number of pyridine rings is 1. The van der Waals surface area contributed by atoms with Crippen molar-refractivity contribution in [1.82, 2.24) is 15.0 Å². The monoisotopic (exact) mass is 511 g/mol. The molecule has 0 aliphatic rings. The number of rotatable bonds is 5. The van der Waals surface area contributed by atoms with Gasteiger partial charge in [0.1, 0.15) is 0 Å². The molecule has 5 aromatic carbocycles. The van der Waals surface area contributed by atoms with Gasteiger partial charge in [-0.05, 0) is 51.2 Å². The van der Waals surface area contributed by atoms with Gasteiger partial charge in [-0.25, -0.2) is 9.97 Å². The fourth-order valence-electron chi connectivity index (χ4n) is 5.13. The first-order valence-electron chi connectivity index (χ1n) is 13.4. The smallest absolute Gasteiger partial charge is 0.160 e. The zero-order valence-electron chi connectivity index (χ0n) is 21.8. The largest absolute Gasteiger partial charge is 0.265 e. The summed E-state index contributed by atoms with van der Waals surface area (Å²) < 4.78 is 0. The Hall–Kier alpha value is -5.41. The normalized spacial score (nSPS) is 11.0. The average Bonchev–Trinajstić information content (AvgIpc) is 3.05. The van der Waals surface area contributed by atoms with Crippen LogP contribution in [0.1, 0.15) is 0 Å². The van der Waals surface area contributed by atoms with Crippen molar-refractivity contribution in [2.45, 2.75) is 0 Å². The van der Waals surface area contributed by atoms with Gasteiger partial charge in [-0.3, -0.25) is 4.98 Å². The maximum Gasteiger partial charge on any atom is 0.160 e. The van der Waals surface area contributed by atoms with Crippen molar-refractivity contribution in [3.8, 4) is 56.2 Å². The standard InChI is InChI=1S/C37H25N3/c1-2-7-26(8-3-1)27-13-17-30(18-14-27)35-25-36(40-37(39-35)32-21-23-38-24-22-32)31-19-15-29(16-20-31)34-12-6-10-28-9-4-5-11-33(28)34/h1-25H. The van der Waals surface area contributed by atoms with Crippen LogP contribution in [0.4, 0.5) is 0 Å². The summed E-state index contributed by atoms with van der Waals surface area (Å²) in [6.07, 6.45) is 3.55. The van der Waals surface area contributed by atoms with Gasteiger partial charge in [-0.15, -0.1) is 0 Å². The summed E-state index contributed by atoms with van der Waals surface area (Å²) >= 11 is 0. The van der Waals surface area contributed by atoms with Crippen molar-refractivity contribution in [2.24, 2.45) is 0 Å². The Labute approximate surface area is 233 Å². The van der Waals surface area contributed by atoms with Crippen LogP contribution >= 0.6 is 0 Å². The van der Waals surface area contributed by atoms with Crippen molar-refractivity contribution in [3.05, 3.63) is 152 Å². The lowest BCUT2D eigenvalue weighted by atomic mass is 9.97. The lowest BCUT2D eigenvalue weighted by molar-refractivity contribution is 1.18. The molecule has 3 heteroatoms. The fraction of sp³-hybridized carbons (Fsp3) is 0. The predicted molar refractivity (Wildman–Crippen MR) is 165 cm³/mol. The summed E-state index contributed by atoms with van der Waals surface area (Å²) in [5.74, 6) is 0.681. The van der Waals surface area contributed by atoms with Crippen LogP contribution in [0, 0.1) is 0 Å². The van der Waals surface area contributed by atoms with E-state index in [2.05, 4.69) is 126 Å². The summed E-state index contributed by atoms with van der Waals surface area (Å²) in [5, 5.41) is 2.49. The Kier molecular flexibility index (Phi) is 6.15. The van der Waals surface area contributed by atoms with Gasteiger partial charge in [0.15, 0.2) is 5.82 Å². The second-order valence-corrected chi connectivity index (χ2v) is 9.75. The van der Waals surface area contributed by atoms with Gasteiger partial charge in [-0.1, -0.05) is 121 Å². The molecule has 2 aromatic heterocycles. The second kappa shape index (κ2) is 10.4. The van der Waals surface area contributed by atoms with Gasteiger partial charge >= 0.3 is 0 Å². The van der Waals surface area contributed by atoms with Gasteiger partial charge in [-0.2, -0.15) is 0 Å². The average molecular weight is 512 g/mol. The molecule has 188 valence electrons. The number of hydrogen-bond acceptors (Lipinski definition) is 3. The summed E-state index contributed by atoms with van der Waals surface area (Å²) in [5.41, 5.74) is 9.58. The Morgan fingerprint density at radius 1 is 0.375 bits per heavy atom. The van der Waals surface area contributed by atoms with Crippen LogP contribution in [0.3, 0.4) is 0 Å². The molecule has 7 rings (SSSR count). The molecule has 0 aliphatic carbocycles. The van der Waals surface area contributed by atoms with Crippen LogP contribution in [0.2, 0.25) is 0 Å². The first-order valence-corrected chi connectivity index (χ1v) is 13.4. The molecule has 0 fully saturated rings. The molecule has 0 radical (unpaired) electrons. The fourth-order valence-corrected chi connectivity index (χ4v) is 5.13. The minimum absolute atomic E-state index is 0.681. The number of fused-ring (bicyclic) bond motifs is 1. The van der Waals surface area contributed by atoms with Crippen molar-refractivity contribution >= 4 is 10.8 Å². The number of aromatic nitrogens is 3. The van der Waals surface area contributed by atoms with Crippen molar-refractivity contribution in [2.75, 3.05) is 0 Å². The molecular weight excluding hydrogens is 486 g/mol. The molecular formula is C37H25N3. The third kappa shape index (κ3) is 4.65. The van der Waals surface area contributed by atoms with Crippen LogP contribution in [0.25, 0.3) is 66.9 Å². The molecule has 0 bridgehead atoms. The number of hydrogen-bond donors (Lipinski definition) is 0. The predicted octanol–water partition coefficient (Wildman–Crippen LogP) is 9.36. The topological polar surface area (TPSA) is 38.7 Å². The Balaban J connectivity index is 1.29. The molecule has 0 atom stereocenters. The molecule has 40 heavy (non-hydrogen) atoms. The minimum Gasteiger partial charge on any atom is -0.265 e. The molecule has 0 saturated carbocycles. The molecule has 0 spiro atoms. The molecule has 0 unspecified atom stereocenters. The van der Waals surface area contributed by atoms with E-state index in [1.165, 1.54) is 33.0 Å². The van der Waals surface area contributed by atoms with Crippen LogP contribution in [-0.2, 0) is 0 Å². The van der Waals surface area contributed by atoms with E-state index in [1.54, 1.807) is 12.4 Å². The van der Waals surface area contributed by atoms with Gasteiger partial charge in [0, 0.05) is 29.1 Å². The molecule has 0 aliphatic heterocycles. The second-order valence-electron chi connectivity index (χ2n) is 9.75. The van der Waals surface area contributed by atoms with Crippen molar-refractivity contribution in [1.29, 1.82) is 0 Å². The highest BCUT2D eigenvalue weighted by Crippen LogP contribution is 2.32. The number of benzene rings is 5. The Bertz CT molecular complexity index is 1910. The zero-order valence-corrected chi connectivity index (χ0v) is 21.8. The molecule has 0 N–H and O–H groups in total. The van der Waals surface area contributed by atoms with E-state index in [1.807, 2.05) is 18.2 Å². The van der Waals surface area contributed by atoms with Gasteiger partial charge in [0.05, 0.1) is 11.4 Å². The van der Waals surface area contributed by atoms with Crippen LogP contribution in [0.15, 0.2) is 152 Å². The highest BCUT2D eigenvalue weighted by atomic mass is 14.9. The summed E-state index contributed by atoms with van der Waals surface area (Å²) in [7, 11) is 0. The van der Waals surface area contributed by atoms with Crippen LogP contribution < -0.4 is 0 Å². The van der Waals surface area contributed by atoms with E-state index in [-0.39, 0.29) is 0 Å². The first-order chi connectivity index (χ1) is 19.8. The molecule has 7 aromatic rings. The van der Waals surface area contributed by atoms with E-state index in [0.29, 0.717) is 5.82 Å². The quantitative estimate of drug-likeness (QED) is 0.231. The van der Waals surface area contributed by atoms with Crippen molar-refractivity contribution < 1.29 is 0 Å². The lowest BCUT2D eigenvalue weighted by Gasteiger charge is -2.11. The maximum atomic E-state index is 4.98. The lowest BCUT2D eigenvalue weighted by Crippen LogP contribution is -1.96.